The van der Waals surface area contributed by atoms with Crippen molar-refractivity contribution < 1.29 is 14.7 Å². The third-order valence-electron chi connectivity index (χ3n) is 2.84. The highest BCUT2D eigenvalue weighted by Gasteiger charge is 2.32. The molecule has 1 aliphatic rings. The minimum atomic E-state index is -0.316. The molecule has 0 aromatic rings. The number of amides is 2. The summed E-state index contributed by atoms with van der Waals surface area (Å²) in [6.45, 7) is 8.71. The SMILES string of the molecule is CC(C)CNC(=O)CSC1=C(O)C(CC(C)C)NC1=O. The highest BCUT2D eigenvalue weighted by Crippen LogP contribution is 2.28. The molecule has 1 heterocycles. The average molecular weight is 300 g/mol. The quantitative estimate of drug-likeness (QED) is 0.670. The molecular weight excluding hydrogens is 276 g/mol. The Kier molecular flexibility index (Phi) is 6.39. The lowest BCUT2D eigenvalue weighted by Crippen LogP contribution is -2.30. The standard InChI is InChI=1S/C14H24N2O3S/c1-8(2)5-10-12(18)13(14(19)16-10)20-7-11(17)15-6-9(3)4/h8-10,18H,5-7H2,1-4H3,(H,15,17)(H,16,19). The van der Waals surface area contributed by atoms with E-state index in [1.54, 1.807) is 0 Å². The first-order chi connectivity index (χ1) is 9.31. The molecule has 0 spiro atoms. The monoisotopic (exact) mass is 300 g/mol. The van der Waals surface area contributed by atoms with E-state index in [4.69, 9.17) is 0 Å². The van der Waals surface area contributed by atoms with Crippen LogP contribution in [0.2, 0.25) is 0 Å². The summed E-state index contributed by atoms with van der Waals surface area (Å²) in [5.41, 5.74) is 0. The topological polar surface area (TPSA) is 78.4 Å². The van der Waals surface area contributed by atoms with E-state index in [9.17, 15) is 14.7 Å². The van der Waals surface area contributed by atoms with Crippen LogP contribution >= 0.6 is 11.8 Å². The molecule has 114 valence electrons. The van der Waals surface area contributed by atoms with Gasteiger partial charge in [0.2, 0.25) is 5.91 Å². The van der Waals surface area contributed by atoms with Crippen molar-refractivity contribution in [2.75, 3.05) is 12.3 Å². The van der Waals surface area contributed by atoms with Gasteiger partial charge in [0.15, 0.2) is 0 Å². The molecule has 0 saturated carbocycles. The lowest BCUT2D eigenvalue weighted by atomic mass is 10.0. The van der Waals surface area contributed by atoms with Gasteiger partial charge >= 0.3 is 0 Å². The molecule has 5 nitrogen and oxygen atoms in total. The van der Waals surface area contributed by atoms with Crippen molar-refractivity contribution in [1.29, 1.82) is 0 Å². The van der Waals surface area contributed by atoms with Crippen LogP contribution in [0.5, 0.6) is 0 Å². The zero-order valence-electron chi connectivity index (χ0n) is 12.5. The molecule has 1 atom stereocenters. The van der Waals surface area contributed by atoms with Gasteiger partial charge in [-0.15, -0.1) is 11.8 Å². The Labute approximate surface area is 124 Å². The van der Waals surface area contributed by atoms with Crippen molar-refractivity contribution >= 4 is 23.6 Å². The first-order valence-electron chi connectivity index (χ1n) is 6.94. The maximum atomic E-state index is 11.8. The van der Waals surface area contributed by atoms with E-state index in [1.165, 1.54) is 0 Å². The lowest BCUT2D eigenvalue weighted by molar-refractivity contribution is -0.118. The van der Waals surface area contributed by atoms with Crippen molar-refractivity contribution in [2.45, 2.75) is 40.2 Å². The van der Waals surface area contributed by atoms with Crippen LogP contribution in [0.15, 0.2) is 10.7 Å². The van der Waals surface area contributed by atoms with Crippen molar-refractivity contribution in [3.05, 3.63) is 10.7 Å². The van der Waals surface area contributed by atoms with Crippen molar-refractivity contribution in [2.24, 2.45) is 11.8 Å². The van der Waals surface area contributed by atoms with E-state index < -0.39 is 0 Å². The predicted octanol–water partition coefficient (Wildman–Crippen LogP) is 1.81. The molecule has 0 saturated heterocycles. The Hall–Kier alpha value is -1.17. The van der Waals surface area contributed by atoms with Gasteiger partial charge < -0.3 is 15.7 Å². The number of carbonyl (C=O) groups is 2. The first-order valence-corrected chi connectivity index (χ1v) is 7.93. The van der Waals surface area contributed by atoms with E-state index in [1.807, 2.05) is 27.7 Å². The number of carbonyl (C=O) groups excluding carboxylic acids is 2. The summed E-state index contributed by atoms with van der Waals surface area (Å²) in [4.78, 5) is 23.7. The minimum Gasteiger partial charge on any atom is -0.509 e. The van der Waals surface area contributed by atoms with Crippen molar-refractivity contribution in [3.8, 4) is 0 Å². The average Bonchev–Trinajstić information content (AvgIpc) is 2.59. The third kappa shape index (κ3) is 5.07. The van der Waals surface area contributed by atoms with Crippen LogP contribution in [0, 0.1) is 11.8 Å². The van der Waals surface area contributed by atoms with Crippen LogP contribution in [0.3, 0.4) is 0 Å². The summed E-state index contributed by atoms with van der Waals surface area (Å²) in [6.07, 6.45) is 0.696. The number of rotatable bonds is 7. The summed E-state index contributed by atoms with van der Waals surface area (Å²) in [6, 6.07) is -0.316. The van der Waals surface area contributed by atoms with E-state index in [0.717, 1.165) is 11.8 Å². The Balaban J connectivity index is 2.51. The van der Waals surface area contributed by atoms with Gasteiger partial charge in [-0.25, -0.2) is 0 Å². The fraction of sp³-hybridized carbons (Fsp3) is 0.714. The second-order valence-corrected chi connectivity index (χ2v) is 6.84. The number of nitrogens with one attached hydrogen (secondary N) is 2. The molecule has 20 heavy (non-hydrogen) atoms. The van der Waals surface area contributed by atoms with Gasteiger partial charge in [0.1, 0.15) is 10.7 Å². The molecule has 2 amide bonds. The van der Waals surface area contributed by atoms with Gasteiger partial charge in [0, 0.05) is 6.54 Å². The molecule has 0 aromatic heterocycles. The zero-order chi connectivity index (χ0) is 15.3. The van der Waals surface area contributed by atoms with E-state index in [-0.39, 0.29) is 34.3 Å². The van der Waals surface area contributed by atoms with Crippen molar-refractivity contribution in [3.63, 3.8) is 0 Å². The van der Waals surface area contributed by atoms with Crippen LogP contribution in [0.4, 0.5) is 0 Å². The van der Waals surface area contributed by atoms with Gasteiger partial charge in [-0.1, -0.05) is 27.7 Å². The van der Waals surface area contributed by atoms with Gasteiger partial charge in [-0.05, 0) is 18.3 Å². The smallest absolute Gasteiger partial charge is 0.261 e. The molecule has 1 aliphatic heterocycles. The molecule has 0 aromatic carbocycles. The second kappa shape index (κ2) is 7.57. The van der Waals surface area contributed by atoms with Crippen molar-refractivity contribution in [1.82, 2.24) is 10.6 Å². The maximum Gasteiger partial charge on any atom is 0.261 e. The Morgan fingerprint density at radius 2 is 2.00 bits per heavy atom. The van der Waals surface area contributed by atoms with E-state index >= 15 is 0 Å². The number of hydrogen-bond donors (Lipinski definition) is 3. The van der Waals surface area contributed by atoms with Crippen LogP contribution in [-0.4, -0.2) is 35.3 Å². The largest absolute Gasteiger partial charge is 0.509 e. The number of aliphatic hydroxyl groups excluding tert-OH is 1. The van der Waals surface area contributed by atoms with Crippen LogP contribution in [0.1, 0.15) is 34.1 Å². The van der Waals surface area contributed by atoms with Gasteiger partial charge in [0.05, 0.1) is 11.8 Å². The molecule has 0 aliphatic carbocycles. The third-order valence-corrected chi connectivity index (χ3v) is 3.93. The molecule has 0 bridgehead atoms. The fourth-order valence-corrected chi connectivity index (χ4v) is 2.71. The summed E-state index contributed by atoms with van der Waals surface area (Å²) < 4.78 is 0. The molecule has 3 N–H and O–H groups in total. The molecular formula is C14H24N2O3S. The molecule has 0 fully saturated rings. The van der Waals surface area contributed by atoms with Crippen LogP contribution < -0.4 is 10.6 Å². The van der Waals surface area contributed by atoms with Gasteiger partial charge in [-0.3, -0.25) is 9.59 Å². The second-order valence-electron chi connectivity index (χ2n) is 5.86. The normalized spacial score (nSPS) is 18.9. The van der Waals surface area contributed by atoms with Crippen LogP contribution in [0.25, 0.3) is 0 Å². The first kappa shape index (κ1) is 16.9. The van der Waals surface area contributed by atoms with Gasteiger partial charge in [0.25, 0.3) is 5.91 Å². The summed E-state index contributed by atoms with van der Waals surface area (Å²) >= 11 is 1.10. The van der Waals surface area contributed by atoms with E-state index in [0.29, 0.717) is 24.8 Å². The fourth-order valence-electron chi connectivity index (χ4n) is 1.85. The highest BCUT2D eigenvalue weighted by atomic mass is 32.2. The number of thioether (sulfide) groups is 1. The summed E-state index contributed by atoms with van der Waals surface area (Å²) in [5.74, 6) is 0.584. The Morgan fingerprint density at radius 1 is 1.35 bits per heavy atom. The summed E-state index contributed by atoms with van der Waals surface area (Å²) in [5, 5.41) is 15.6. The Bertz CT molecular complexity index is 405. The summed E-state index contributed by atoms with van der Waals surface area (Å²) in [7, 11) is 0. The minimum absolute atomic E-state index is 0.0744. The highest BCUT2D eigenvalue weighted by molar-refractivity contribution is 8.04. The number of aliphatic hydroxyl groups is 1. The Morgan fingerprint density at radius 3 is 2.55 bits per heavy atom. The molecule has 1 unspecified atom stereocenters. The van der Waals surface area contributed by atoms with E-state index in [2.05, 4.69) is 10.6 Å². The maximum absolute atomic E-state index is 11.8. The molecule has 6 heteroatoms. The van der Waals surface area contributed by atoms with Gasteiger partial charge in [-0.2, -0.15) is 0 Å². The molecule has 0 radical (unpaired) electrons. The zero-order valence-corrected chi connectivity index (χ0v) is 13.3. The number of hydrogen-bond acceptors (Lipinski definition) is 4. The van der Waals surface area contributed by atoms with Crippen LogP contribution in [-0.2, 0) is 9.59 Å². The molecule has 1 rings (SSSR count). The predicted molar refractivity (Wildman–Crippen MR) is 81.3 cm³/mol. The lowest BCUT2D eigenvalue weighted by Gasteiger charge is -2.12.